The Hall–Kier alpha value is -2.91. The zero-order valence-corrected chi connectivity index (χ0v) is 16.0. The van der Waals surface area contributed by atoms with Gasteiger partial charge in [0, 0.05) is 11.1 Å². The van der Waals surface area contributed by atoms with Crippen LogP contribution in [0, 0.1) is 0 Å². The Kier molecular flexibility index (Phi) is 4.78. The van der Waals surface area contributed by atoms with Crippen molar-refractivity contribution in [3.63, 3.8) is 0 Å². The first-order chi connectivity index (χ1) is 13.4. The summed E-state index contributed by atoms with van der Waals surface area (Å²) < 4.78 is 29.9. The molecule has 28 heavy (non-hydrogen) atoms. The first kappa shape index (κ1) is 18.5. The second kappa shape index (κ2) is 7.25. The largest absolute Gasteiger partial charge is 0.480 e. The Balaban J connectivity index is 1.61. The van der Waals surface area contributed by atoms with E-state index in [4.69, 9.17) is 9.29 Å². The molecule has 9 heteroatoms. The van der Waals surface area contributed by atoms with Crippen molar-refractivity contribution in [1.29, 1.82) is 0 Å². The Bertz CT molecular complexity index is 1190. The first-order valence-corrected chi connectivity index (χ1v) is 10.7. The van der Waals surface area contributed by atoms with Gasteiger partial charge in [0.15, 0.2) is 6.04 Å². The highest BCUT2D eigenvalue weighted by atomic mass is 32.2. The second-order valence-corrected chi connectivity index (χ2v) is 8.56. The number of pyridine rings is 1. The topological polar surface area (TPSA) is 106 Å². The molecule has 1 atom stereocenters. The Morgan fingerprint density at radius 2 is 1.89 bits per heavy atom. The molecule has 1 N–H and O–H groups in total. The van der Waals surface area contributed by atoms with Crippen LogP contribution < -0.4 is 4.18 Å². The molecule has 0 unspecified atom stereocenters. The maximum atomic E-state index is 12.3. The van der Waals surface area contributed by atoms with Gasteiger partial charge in [0.05, 0.1) is 11.2 Å². The van der Waals surface area contributed by atoms with Gasteiger partial charge in [-0.25, -0.2) is 9.78 Å². The Morgan fingerprint density at radius 1 is 1.11 bits per heavy atom. The van der Waals surface area contributed by atoms with Gasteiger partial charge in [-0.2, -0.15) is 8.42 Å². The molecular formula is C19H14N2O5S2. The number of carboxylic acid groups (broad SMARTS) is 1. The molecule has 0 fully saturated rings. The normalized spacial score (nSPS) is 16.7. The number of benzene rings is 2. The van der Waals surface area contributed by atoms with E-state index in [2.05, 4.69) is 9.98 Å². The smallest absolute Gasteiger partial charge is 0.339 e. The number of aromatic nitrogens is 1. The van der Waals surface area contributed by atoms with Crippen molar-refractivity contribution in [1.82, 2.24) is 4.98 Å². The fourth-order valence-corrected chi connectivity index (χ4v) is 4.62. The summed E-state index contributed by atoms with van der Waals surface area (Å²) in [5.74, 6) is -0.386. The number of fused-ring (bicyclic) bond motifs is 1. The lowest BCUT2D eigenvalue weighted by atomic mass is 10.2. The highest BCUT2D eigenvalue weighted by molar-refractivity contribution is 8.14. The molecule has 0 aliphatic carbocycles. The summed E-state index contributed by atoms with van der Waals surface area (Å²) in [6, 6.07) is 15.4. The van der Waals surface area contributed by atoms with Crippen LogP contribution in [0.15, 0.2) is 70.6 Å². The summed E-state index contributed by atoms with van der Waals surface area (Å²) in [6.45, 7) is 0. The van der Waals surface area contributed by atoms with Gasteiger partial charge in [-0.1, -0.05) is 24.3 Å². The Morgan fingerprint density at radius 3 is 2.61 bits per heavy atom. The van der Waals surface area contributed by atoms with E-state index in [1.807, 2.05) is 0 Å². The van der Waals surface area contributed by atoms with Crippen molar-refractivity contribution < 1.29 is 22.5 Å². The predicted octanol–water partition coefficient (Wildman–Crippen LogP) is 2.95. The lowest BCUT2D eigenvalue weighted by Crippen LogP contribution is -2.17. The number of carboxylic acids is 1. The quantitative estimate of drug-likeness (QED) is 0.640. The SMILES string of the molecule is O=C(O)[C@H]1CSC(c2ccc3cc(OS(=O)(=O)c4ccccc4)ccc3n2)=N1. The minimum absolute atomic E-state index is 0.0767. The first-order valence-electron chi connectivity index (χ1n) is 8.26. The maximum absolute atomic E-state index is 12.3. The summed E-state index contributed by atoms with van der Waals surface area (Å²) in [5, 5.41) is 10.3. The van der Waals surface area contributed by atoms with Gasteiger partial charge < -0.3 is 9.29 Å². The molecule has 1 aromatic heterocycles. The highest BCUT2D eigenvalue weighted by Gasteiger charge is 2.26. The molecule has 0 bridgehead atoms. The van der Waals surface area contributed by atoms with Crippen LogP contribution in [0.5, 0.6) is 5.75 Å². The van der Waals surface area contributed by atoms with Crippen molar-refractivity contribution in [3.05, 3.63) is 66.4 Å². The molecule has 4 rings (SSSR count). The van der Waals surface area contributed by atoms with Gasteiger partial charge in [-0.15, -0.1) is 11.8 Å². The fraction of sp³-hybridized carbons (Fsp3) is 0.105. The van der Waals surface area contributed by atoms with E-state index in [1.54, 1.807) is 42.5 Å². The number of aliphatic carboxylic acids is 1. The highest BCUT2D eigenvalue weighted by Crippen LogP contribution is 2.27. The lowest BCUT2D eigenvalue weighted by Gasteiger charge is -2.08. The van der Waals surface area contributed by atoms with E-state index in [9.17, 15) is 13.2 Å². The maximum Gasteiger partial charge on any atom is 0.339 e. The molecule has 2 aromatic carbocycles. The zero-order valence-electron chi connectivity index (χ0n) is 14.3. The molecule has 3 aromatic rings. The predicted molar refractivity (Wildman–Crippen MR) is 106 cm³/mol. The number of carbonyl (C=O) groups is 1. The number of hydrogen-bond donors (Lipinski definition) is 1. The van der Waals surface area contributed by atoms with Crippen LogP contribution in [0.25, 0.3) is 10.9 Å². The number of nitrogens with zero attached hydrogens (tertiary/aromatic N) is 2. The third-order valence-electron chi connectivity index (χ3n) is 4.05. The van der Waals surface area contributed by atoms with Crippen molar-refractivity contribution in [2.75, 3.05) is 5.75 Å². The monoisotopic (exact) mass is 414 g/mol. The summed E-state index contributed by atoms with van der Waals surface area (Å²) in [5.41, 5.74) is 1.22. The second-order valence-electron chi connectivity index (χ2n) is 6.00. The van der Waals surface area contributed by atoms with Crippen LogP contribution in [-0.4, -0.2) is 41.3 Å². The van der Waals surface area contributed by atoms with Crippen molar-refractivity contribution in [2.45, 2.75) is 10.9 Å². The van der Waals surface area contributed by atoms with Crippen LogP contribution in [0.1, 0.15) is 5.69 Å². The molecule has 142 valence electrons. The van der Waals surface area contributed by atoms with Gasteiger partial charge in [0.1, 0.15) is 15.7 Å². The van der Waals surface area contributed by atoms with E-state index < -0.39 is 22.1 Å². The number of thioether (sulfide) groups is 1. The molecule has 0 spiro atoms. The van der Waals surface area contributed by atoms with Crippen LogP contribution >= 0.6 is 11.8 Å². The molecule has 0 saturated carbocycles. The Labute approximate surface area is 165 Å². The van der Waals surface area contributed by atoms with Gasteiger partial charge >= 0.3 is 16.1 Å². The summed E-state index contributed by atoms with van der Waals surface area (Å²) in [4.78, 5) is 19.8. The van der Waals surface area contributed by atoms with E-state index in [-0.39, 0.29) is 10.6 Å². The third-order valence-corrected chi connectivity index (χ3v) is 6.39. The van der Waals surface area contributed by atoms with E-state index >= 15 is 0 Å². The lowest BCUT2D eigenvalue weighted by molar-refractivity contribution is -0.137. The average molecular weight is 414 g/mol. The number of rotatable bonds is 5. The molecular weight excluding hydrogens is 400 g/mol. The third kappa shape index (κ3) is 3.71. The van der Waals surface area contributed by atoms with Gasteiger partial charge in [0.2, 0.25) is 0 Å². The molecule has 0 saturated heterocycles. The molecule has 2 heterocycles. The zero-order chi connectivity index (χ0) is 19.7. The molecule has 0 radical (unpaired) electrons. The minimum Gasteiger partial charge on any atom is -0.480 e. The van der Waals surface area contributed by atoms with Gasteiger partial charge in [0.25, 0.3) is 0 Å². The van der Waals surface area contributed by atoms with Crippen molar-refractivity contribution in [2.24, 2.45) is 4.99 Å². The summed E-state index contributed by atoms with van der Waals surface area (Å²) in [7, 11) is -3.92. The van der Waals surface area contributed by atoms with E-state index in [0.29, 0.717) is 27.4 Å². The molecule has 0 amide bonds. The summed E-state index contributed by atoms with van der Waals surface area (Å²) in [6.07, 6.45) is 0. The summed E-state index contributed by atoms with van der Waals surface area (Å²) >= 11 is 1.35. The molecule has 1 aliphatic rings. The molecule has 1 aliphatic heterocycles. The van der Waals surface area contributed by atoms with Crippen LogP contribution in [0.2, 0.25) is 0 Å². The van der Waals surface area contributed by atoms with E-state index in [1.165, 1.54) is 30.0 Å². The van der Waals surface area contributed by atoms with Crippen molar-refractivity contribution in [3.8, 4) is 5.75 Å². The number of hydrogen-bond acceptors (Lipinski definition) is 7. The van der Waals surface area contributed by atoms with Crippen LogP contribution in [0.4, 0.5) is 0 Å². The molecule has 7 nitrogen and oxygen atoms in total. The minimum atomic E-state index is -3.92. The standard InChI is InChI=1S/C19H14N2O5S2/c22-19(23)17-11-27-18(21-17)16-8-6-12-10-13(7-9-15(12)20-16)26-28(24,25)14-4-2-1-3-5-14/h1-10,17H,11H2,(H,22,23)/t17-/m1/s1. The van der Waals surface area contributed by atoms with Gasteiger partial charge in [-0.3, -0.25) is 4.99 Å². The fourth-order valence-electron chi connectivity index (χ4n) is 2.68. The average Bonchev–Trinajstić information content (AvgIpc) is 3.19. The van der Waals surface area contributed by atoms with Gasteiger partial charge in [-0.05, 0) is 36.4 Å². The van der Waals surface area contributed by atoms with Crippen molar-refractivity contribution >= 4 is 43.8 Å². The van der Waals surface area contributed by atoms with Crippen LogP contribution in [-0.2, 0) is 14.9 Å². The van der Waals surface area contributed by atoms with Crippen LogP contribution in [0.3, 0.4) is 0 Å². The van der Waals surface area contributed by atoms with E-state index in [0.717, 1.165) is 0 Å². The number of aliphatic imine (C=N–C) groups is 1.